The molecule has 0 aliphatic heterocycles. The minimum atomic E-state index is -0.912. The van der Waals surface area contributed by atoms with Crippen molar-refractivity contribution in [2.24, 2.45) is 5.92 Å². The van der Waals surface area contributed by atoms with Gasteiger partial charge in [-0.2, -0.15) is 0 Å². The van der Waals surface area contributed by atoms with E-state index in [1.165, 1.54) is 6.92 Å². The lowest BCUT2D eigenvalue weighted by atomic mass is 10.0. The Morgan fingerprint density at radius 3 is 2.00 bits per heavy atom. The summed E-state index contributed by atoms with van der Waals surface area (Å²) in [6, 6.07) is 0. The Kier molecular flexibility index (Phi) is 3.77. The van der Waals surface area contributed by atoms with Crippen molar-refractivity contribution in [3.63, 3.8) is 0 Å². The molecule has 0 amide bonds. The standard InChI is InChI=1S/C6H13O3/c1-4(5(2)8)6(9)3-7/h4-9H,1,3H2,2H3. The second kappa shape index (κ2) is 3.82. The first-order valence-corrected chi connectivity index (χ1v) is 2.89. The molecule has 3 heteroatoms. The zero-order valence-corrected chi connectivity index (χ0v) is 5.49. The van der Waals surface area contributed by atoms with Crippen LogP contribution in [0.2, 0.25) is 0 Å². The Balaban J connectivity index is 3.58. The van der Waals surface area contributed by atoms with Gasteiger partial charge in [0.05, 0.1) is 18.8 Å². The summed E-state index contributed by atoms with van der Waals surface area (Å²) in [6.07, 6.45) is -1.59. The molecular formula is C6H13O3. The minimum absolute atomic E-state index is 0.348. The third-order valence-corrected chi connectivity index (χ3v) is 1.30. The first-order chi connectivity index (χ1) is 4.09. The molecule has 55 valence electrons. The lowest BCUT2D eigenvalue weighted by Crippen LogP contribution is -2.30. The van der Waals surface area contributed by atoms with E-state index in [4.69, 9.17) is 15.3 Å². The van der Waals surface area contributed by atoms with Gasteiger partial charge in [0, 0.05) is 5.92 Å². The number of aliphatic hydroxyl groups is 3. The first kappa shape index (κ1) is 8.88. The van der Waals surface area contributed by atoms with Gasteiger partial charge in [-0.15, -0.1) is 0 Å². The molecule has 0 heterocycles. The molecule has 0 aromatic carbocycles. The van der Waals surface area contributed by atoms with E-state index in [2.05, 4.69) is 6.92 Å². The van der Waals surface area contributed by atoms with E-state index >= 15 is 0 Å². The molecule has 0 spiro atoms. The van der Waals surface area contributed by atoms with Crippen LogP contribution in [0.3, 0.4) is 0 Å². The predicted octanol–water partition coefficient (Wildman–Crippen LogP) is -0.829. The van der Waals surface area contributed by atoms with Crippen molar-refractivity contribution in [1.82, 2.24) is 0 Å². The van der Waals surface area contributed by atoms with E-state index in [0.717, 1.165) is 0 Å². The van der Waals surface area contributed by atoms with Crippen LogP contribution in [0.5, 0.6) is 0 Å². The second-order valence-electron chi connectivity index (χ2n) is 2.15. The van der Waals surface area contributed by atoms with Crippen molar-refractivity contribution >= 4 is 0 Å². The number of aliphatic hydroxyl groups excluding tert-OH is 3. The van der Waals surface area contributed by atoms with Crippen molar-refractivity contribution in [2.45, 2.75) is 19.1 Å². The van der Waals surface area contributed by atoms with Crippen molar-refractivity contribution in [3.8, 4) is 0 Å². The van der Waals surface area contributed by atoms with Crippen LogP contribution in [0.4, 0.5) is 0 Å². The molecule has 0 aliphatic carbocycles. The van der Waals surface area contributed by atoms with E-state index < -0.39 is 18.1 Å². The maximum atomic E-state index is 8.82. The highest BCUT2D eigenvalue weighted by Gasteiger charge is 2.17. The fourth-order valence-corrected chi connectivity index (χ4v) is 0.457. The SMILES string of the molecule is [CH2]C(C(C)O)C(O)CO. The van der Waals surface area contributed by atoms with Crippen LogP contribution in [-0.2, 0) is 0 Å². The molecule has 0 aromatic heterocycles. The molecule has 9 heavy (non-hydrogen) atoms. The summed E-state index contributed by atoms with van der Waals surface area (Å²) in [4.78, 5) is 0. The van der Waals surface area contributed by atoms with E-state index in [9.17, 15) is 0 Å². The molecule has 3 unspecified atom stereocenters. The predicted molar refractivity (Wildman–Crippen MR) is 33.6 cm³/mol. The molecule has 3 nitrogen and oxygen atoms in total. The van der Waals surface area contributed by atoms with Gasteiger partial charge >= 0.3 is 0 Å². The molecule has 3 N–H and O–H groups in total. The molecule has 0 rings (SSSR count). The number of hydrogen-bond donors (Lipinski definition) is 3. The molecule has 3 atom stereocenters. The average molecular weight is 133 g/mol. The van der Waals surface area contributed by atoms with Gasteiger partial charge in [0.2, 0.25) is 0 Å². The zero-order chi connectivity index (χ0) is 7.44. The lowest BCUT2D eigenvalue weighted by molar-refractivity contribution is 0.0103. The van der Waals surface area contributed by atoms with Crippen LogP contribution in [0.1, 0.15) is 6.92 Å². The van der Waals surface area contributed by atoms with Gasteiger partial charge in [-0.3, -0.25) is 0 Å². The molecule has 0 fully saturated rings. The highest BCUT2D eigenvalue weighted by Crippen LogP contribution is 2.06. The Morgan fingerprint density at radius 2 is 1.89 bits per heavy atom. The van der Waals surface area contributed by atoms with Crippen molar-refractivity contribution in [2.75, 3.05) is 6.61 Å². The molecule has 0 bridgehead atoms. The van der Waals surface area contributed by atoms with E-state index in [1.807, 2.05) is 0 Å². The minimum Gasteiger partial charge on any atom is -0.394 e. The van der Waals surface area contributed by atoms with Gasteiger partial charge in [0.1, 0.15) is 0 Å². The Hall–Kier alpha value is -0.120. The molecule has 1 radical (unpaired) electrons. The van der Waals surface area contributed by atoms with Crippen LogP contribution in [0.15, 0.2) is 0 Å². The Bertz CT molecular complexity index is 72.7. The molecule has 0 aromatic rings. The highest BCUT2D eigenvalue weighted by molar-refractivity contribution is 4.74. The van der Waals surface area contributed by atoms with Gasteiger partial charge in [-0.25, -0.2) is 0 Å². The van der Waals surface area contributed by atoms with Crippen LogP contribution in [0.25, 0.3) is 0 Å². The maximum Gasteiger partial charge on any atom is 0.0823 e. The summed E-state index contributed by atoms with van der Waals surface area (Å²) >= 11 is 0. The highest BCUT2D eigenvalue weighted by atomic mass is 16.3. The van der Waals surface area contributed by atoms with Crippen LogP contribution in [0, 0.1) is 12.8 Å². The quantitative estimate of drug-likeness (QED) is 0.471. The number of hydrogen-bond acceptors (Lipinski definition) is 3. The Morgan fingerprint density at radius 1 is 1.44 bits per heavy atom. The van der Waals surface area contributed by atoms with Gasteiger partial charge in [-0.05, 0) is 13.8 Å². The molecule has 0 saturated heterocycles. The summed E-state index contributed by atoms with van der Waals surface area (Å²) in [7, 11) is 0. The summed E-state index contributed by atoms with van der Waals surface area (Å²) in [6.45, 7) is 4.62. The smallest absolute Gasteiger partial charge is 0.0823 e. The molecule has 0 aliphatic rings. The van der Waals surface area contributed by atoms with Crippen molar-refractivity contribution in [3.05, 3.63) is 6.92 Å². The summed E-state index contributed by atoms with van der Waals surface area (Å²) < 4.78 is 0. The largest absolute Gasteiger partial charge is 0.394 e. The van der Waals surface area contributed by atoms with Gasteiger partial charge in [0.15, 0.2) is 0 Å². The monoisotopic (exact) mass is 133 g/mol. The first-order valence-electron chi connectivity index (χ1n) is 2.89. The van der Waals surface area contributed by atoms with Crippen LogP contribution < -0.4 is 0 Å². The zero-order valence-electron chi connectivity index (χ0n) is 5.49. The summed E-state index contributed by atoms with van der Waals surface area (Å²) in [5.41, 5.74) is 0. The van der Waals surface area contributed by atoms with Crippen molar-refractivity contribution < 1.29 is 15.3 Å². The van der Waals surface area contributed by atoms with E-state index in [1.54, 1.807) is 0 Å². The molecule has 0 saturated carbocycles. The fraction of sp³-hybridized carbons (Fsp3) is 0.833. The number of rotatable bonds is 3. The lowest BCUT2D eigenvalue weighted by Gasteiger charge is -2.18. The normalized spacial score (nSPS) is 21.0. The van der Waals surface area contributed by atoms with Gasteiger partial charge < -0.3 is 15.3 Å². The van der Waals surface area contributed by atoms with Crippen LogP contribution >= 0.6 is 0 Å². The molecular weight excluding hydrogens is 120 g/mol. The van der Waals surface area contributed by atoms with E-state index in [-0.39, 0.29) is 6.61 Å². The van der Waals surface area contributed by atoms with Gasteiger partial charge in [0.25, 0.3) is 0 Å². The third-order valence-electron chi connectivity index (χ3n) is 1.30. The summed E-state index contributed by atoms with van der Waals surface area (Å²) in [5, 5.41) is 26.0. The van der Waals surface area contributed by atoms with E-state index in [0.29, 0.717) is 0 Å². The third kappa shape index (κ3) is 2.79. The van der Waals surface area contributed by atoms with Crippen molar-refractivity contribution in [1.29, 1.82) is 0 Å². The van der Waals surface area contributed by atoms with Crippen LogP contribution in [-0.4, -0.2) is 34.1 Å². The fourth-order valence-electron chi connectivity index (χ4n) is 0.457. The topological polar surface area (TPSA) is 60.7 Å². The summed E-state index contributed by atoms with van der Waals surface area (Å²) in [5.74, 6) is -0.505. The maximum absolute atomic E-state index is 8.82. The second-order valence-corrected chi connectivity index (χ2v) is 2.15. The Labute approximate surface area is 54.9 Å². The average Bonchev–Trinajstić information content (AvgIpc) is 1.84. The van der Waals surface area contributed by atoms with Gasteiger partial charge in [-0.1, -0.05) is 0 Å².